The Labute approximate surface area is 136 Å². The predicted molar refractivity (Wildman–Crippen MR) is 90.5 cm³/mol. The van der Waals surface area contributed by atoms with E-state index in [9.17, 15) is 4.79 Å². The van der Waals surface area contributed by atoms with Crippen molar-refractivity contribution in [1.82, 2.24) is 0 Å². The van der Waals surface area contributed by atoms with E-state index in [0.717, 1.165) is 17.5 Å². The zero-order chi connectivity index (χ0) is 16.1. The molecule has 1 N–H and O–H groups in total. The first-order chi connectivity index (χ1) is 10.5. The third kappa shape index (κ3) is 3.99. The monoisotopic (exact) mass is 314 g/mol. The number of rotatable bonds is 5. The fraction of sp³-hybridized carbons (Fsp3) is 0.211. The van der Waals surface area contributed by atoms with E-state index < -0.39 is 5.97 Å². The minimum absolute atomic E-state index is 0.124. The molecule has 0 aliphatic rings. The van der Waals surface area contributed by atoms with Crippen LogP contribution < -0.4 is 0 Å². The van der Waals surface area contributed by atoms with Crippen molar-refractivity contribution in [1.29, 1.82) is 0 Å². The van der Waals surface area contributed by atoms with E-state index >= 15 is 0 Å². The van der Waals surface area contributed by atoms with Crippen LogP contribution in [-0.2, 0) is 11.2 Å². The van der Waals surface area contributed by atoms with Gasteiger partial charge in [-0.25, -0.2) is 4.79 Å². The number of benzene rings is 2. The highest BCUT2D eigenvalue weighted by Gasteiger charge is 2.14. The van der Waals surface area contributed by atoms with Crippen LogP contribution in [0.15, 0.2) is 60.2 Å². The number of carbonyl (C=O) groups is 1. The lowest BCUT2D eigenvalue weighted by Gasteiger charge is -2.16. The molecule has 2 aromatic carbocycles. The number of halogens is 1. The highest BCUT2D eigenvalue weighted by Crippen LogP contribution is 2.29. The standard InChI is InChI=1S/C19H19ClO2/c1-3-14-7-9-15(10-8-14)18(11-13(2)19(21)22)16-5-4-6-17(20)12-16/h4-12,18H,3H2,1-2H3,(H,21,22)/b13-11+. The normalized spacial score (nSPS) is 13.0. The van der Waals surface area contributed by atoms with Gasteiger partial charge in [0.2, 0.25) is 0 Å². The van der Waals surface area contributed by atoms with Crippen LogP contribution in [0.25, 0.3) is 0 Å². The zero-order valence-electron chi connectivity index (χ0n) is 12.7. The van der Waals surface area contributed by atoms with Crippen molar-refractivity contribution in [2.45, 2.75) is 26.2 Å². The van der Waals surface area contributed by atoms with E-state index in [4.69, 9.17) is 16.7 Å². The number of allylic oxidation sites excluding steroid dienone is 1. The summed E-state index contributed by atoms with van der Waals surface area (Å²) in [7, 11) is 0. The first-order valence-corrected chi connectivity index (χ1v) is 7.65. The number of hydrogen-bond donors (Lipinski definition) is 1. The van der Waals surface area contributed by atoms with Crippen molar-refractivity contribution in [3.63, 3.8) is 0 Å². The minimum Gasteiger partial charge on any atom is -0.478 e. The van der Waals surface area contributed by atoms with E-state index in [-0.39, 0.29) is 5.92 Å². The summed E-state index contributed by atoms with van der Waals surface area (Å²) in [6.45, 7) is 3.72. The number of hydrogen-bond acceptors (Lipinski definition) is 1. The fourth-order valence-corrected chi connectivity index (χ4v) is 2.57. The molecule has 0 radical (unpaired) electrons. The third-order valence-corrected chi connectivity index (χ3v) is 3.94. The van der Waals surface area contributed by atoms with Crippen LogP contribution in [0.4, 0.5) is 0 Å². The van der Waals surface area contributed by atoms with Crippen molar-refractivity contribution in [3.8, 4) is 0 Å². The Morgan fingerprint density at radius 3 is 2.41 bits per heavy atom. The molecule has 2 aromatic rings. The average Bonchev–Trinajstić information content (AvgIpc) is 2.52. The van der Waals surface area contributed by atoms with Gasteiger partial charge in [0.05, 0.1) is 0 Å². The maximum absolute atomic E-state index is 11.2. The molecule has 0 spiro atoms. The van der Waals surface area contributed by atoms with E-state index in [0.29, 0.717) is 10.6 Å². The summed E-state index contributed by atoms with van der Waals surface area (Å²) in [5.41, 5.74) is 3.62. The molecule has 0 aromatic heterocycles. The van der Waals surface area contributed by atoms with Gasteiger partial charge in [-0.15, -0.1) is 0 Å². The smallest absolute Gasteiger partial charge is 0.330 e. The second-order valence-corrected chi connectivity index (χ2v) is 5.72. The third-order valence-electron chi connectivity index (χ3n) is 3.71. The van der Waals surface area contributed by atoms with Crippen LogP contribution in [0.5, 0.6) is 0 Å². The Morgan fingerprint density at radius 1 is 1.18 bits per heavy atom. The Morgan fingerprint density at radius 2 is 1.86 bits per heavy atom. The van der Waals surface area contributed by atoms with E-state index in [1.165, 1.54) is 5.56 Å². The lowest BCUT2D eigenvalue weighted by Crippen LogP contribution is -2.03. The van der Waals surface area contributed by atoms with Gasteiger partial charge in [-0.1, -0.05) is 61.0 Å². The highest BCUT2D eigenvalue weighted by molar-refractivity contribution is 6.30. The molecule has 0 amide bonds. The van der Waals surface area contributed by atoms with Gasteiger partial charge in [0.1, 0.15) is 0 Å². The second kappa shape index (κ2) is 7.28. The van der Waals surface area contributed by atoms with Crippen LogP contribution in [-0.4, -0.2) is 11.1 Å². The molecule has 2 rings (SSSR count). The number of aliphatic carboxylic acids is 1. The maximum Gasteiger partial charge on any atom is 0.330 e. The van der Waals surface area contributed by atoms with Gasteiger partial charge >= 0.3 is 5.97 Å². The lowest BCUT2D eigenvalue weighted by atomic mass is 9.89. The SMILES string of the molecule is CCc1ccc(C(/C=C(\C)C(=O)O)c2cccc(Cl)c2)cc1. The largest absolute Gasteiger partial charge is 0.478 e. The van der Waals surface area contributed by atoms with Gasteiger partial charge in [0.15, 0.2) is 0 Å². The van der Waals surface area contributed by atoms with Crippen LogP contribution in [0.1, 0.15) is 36.5 Å². The molecule has 1 atom stereocenters. The first kappa shape index (κ1) is 16.3. The van der Waals surface area contributed by atoms with Crippen molar-refractivity contribution in [2.24, 2.45) is 0 Å². The summed E-state index contributed by atoms with van der Waals surface area (Å²) in [6.07, 6.45) is 2.75. The summed E-state index contributed by atoms with van der Waals surface area (Å²) >= 11 is 6.09. The number of carboxylic acids is 1. The maximum atomic E-state index is 11.2. The molecule has 0 aliphatic carbocycles. The summed E-state index contributed by atoms with van der Waals surface area (Å²) in [4.78, 5) is 11.2. The van der Waals surface area contributed by atoms with Crippen LogP contribution in [0.3, 0.4) is 0 Å². The van der Waals surface area contributed by atoms with Crippen molar-refractivity contribution in [2.75, 3.05) is 0 Å². The molecule has 0 bridgehead atoms. The van der Waals surface area contributed by atoms with Crippen LogP contribution in [0.2, 0.25) is 5.02 Å². The van der Waals surface area contributed by atoms with Crippen molar-refractivity contribution < 1.29 is 9.90 Å². The van der Waals surface area contributed by atoms with Crippen LogP contribution >= 0.6 is 11.6 Å². The molecule has 3 heteroatoms. The molecular formula is C19H19ClO2. The van der Waals surface area contributed by atoms with Crippen molar-refractivity contribution >= 4 is 17.6 Å². The van der Waals surface area contributed by atoms with Gasteiger partial charge < -0.3 is 5.11 Å². The molecule has 2 nitrogen and oxygen atoms in total. The summed E-state index contributed by atoms with van der Waals surface area (Å²) in [5, 5.41) is 9.81. The molecule has 0 saturated carbocycles. The molecule has 0 aliphatic heterocycles. The van der Waals surface area contributed by atoms with Crippen molar-refractivity contribution in [3.05, 3.63) is 81.9 Å². The second-order valence-electron chi connectivity index (χ2n) is 5.28. The molecular weight excluding hydrogens is 296 g/mol. The summed E-state index contributed by atoms with van der Waals surface area (Å²) in [6, 6.07) is 15.8. The summed E-state index contributed by atoms with van der Waals surface area (Å²) in [5.74, 6) is -1.03. The van der Waals surface area contributed by atoms with Gasteiger partial charge in [0, 0.05) is 16.5 Å². The van der Waals surface area contributed by atoms with Gasteiger partial charge in [-0.2, -0.15) is 0 Å². The Hall–Kier alpha value is -2.06. The summed E-state index contributed by atoms with van der Waals surface area (Å²) < 4.78 is 0. The van der Waals surface area contributed by atoms with Gasteiger partial charge in [0.25, 0.3) is 0 Å². The Kier molecular flexibility index (Phi) is 5.40. The van der Waals surface area contributed by atoms with Crippen LogP contribution in [0, 0.1) is 0 Å². The highest BCUT2D eigenvalue weighted by atomic mass is 35.5. The molecule has 22 heavy (non-hydrogen) atoms. The van der Waals surface area contributed by atoms with Gasteiger partial charge in [-0.05, 0) is 42.2 Å². The van der Waals surface area contributed by atoms with E-state index in [1.54, 1.807) is 13.0 Å². The lowest BCUT2D eigenvalue weighted by molar-refractivity contribution is -0.132. The predicted octanol–water partition coefficient (Wildman–Crippen LogP) is 5.07. The number of carboxylic acid groups (broad SMARTS) is 1. The average molecular weight is 315 g/mol. The molecule has 114 valence electrons. The first-order valence-electron chi connectivity index (χ1n) is 7.27. The molecule has 0 heterocycles. The van der Waals surface area contributed by atoms with Gasteiger partial charge in [-0.3, -0.25) is 0 Å². The minimum atomic E-state index is -0.905. The quantitative estimate of drug-likeness (QED) is 0.783. The molecule has 0 fully saturated rings. The molecule has 0 saturated heterocycles. The molecule has 1 unspecified atom stereocenters. The number of aryl methyl sites for hydroxylation is 1. The van der Waals surface area contributed by atoms with E-state index in [1.807, 2.05) is 24.3 Å². The van der Waals surface area contributed by atoms with E-state index in [2.05, 4.69) is 31.2 Å². The fourth-order valence-electron chi connectivity index (χ4n) is 2.37. The zero-order valence-corrected chi connectivity index (χ0v) is 13.5. The Bertz CT molecular complexity index is 687. The Balaban J connectivity index is 2.49. The topological polar surface area (TPSA) is 37.3 Å².